The van der Waals surface area contributed by atoms with Crippen LogP contribution in [0.3, 0.4) is 0 Å². The van der Waals surface area contributed by atoms with Gasteiger partial charge in [0.1, 0.15) is 5.82 Å². The number of anilines is 1. The van der Waals surface area contributed by atoms with Gasteiger partial charge in [0, 0.05) is 18.0 Å². The molecule has 1 unspecified atom stereocenters. The minimum Gasteiger partial charge on any atom is -0.369 e. The highest BCUT2D eigenvalue weighted by molar-refractivity contribution is 8.00. The molecule has 13 heavy (non-hydrogen) atoms. The van der Waals surface area contributed by atoms with Gasteiger partial charge in [0.15, 0.2) is 0 Å². The van der Waals surface area contributed by atoms with Gasteiger partial charge in [-0.1, -0.05) is 6.07 Å². The summed E-state index contributed by atoms with van der Waals surface area (Å²) < 4.78 is 0. The summed E-state index contributed by atoms with van der Waals surface area (Å²) in [5.41, 5.74) is 0. The number of thioether (sulfide) groups is 1. The summed E-state index contributed by atoms with van der Waals surface area (Å²) in [7, 11) is 0. The first-order chi connectivity index (χ1) is 6.45. The van der Waals surface area contributed by atoms with E-state index >= 15 is 0 Å². The lowest BCUT2D eigenvalue weighted by molar-refractivity contribution is 0.803. The first-order valence-corrected chi connectivity index (χ1v) is 5.76. The molecule has 0 bridgehead atoms. The van der Waals surface area contributed by atoms with Gasteiger partial charge in [0.05, 0.1) is 0 Å². The van der Waals surface area contributed by atoms with Crippen molar-refractivity contribution >= 4 is 17.6 Å². The topological polar surface area (TPSA) is 24.9 Å². The smallest absolute Gasteiger partial charge is 0.125 e. The third-order valence-corrected chi connectivity index (χ3v) is 3.60. The van der Waals surface area contributed by atoms with E-state index in [1.54, 1.807) is 0 Å². The van der Waals surface area contributed by atoms with E-state index in [1.165, 1.54) is 18.6 Å². The van der Waals surface area contributed by atoms with Crippen LogP contribution in [0.2, 0.25) is 0 Å². The van der Waals surface area contributed by atoms with Gasteiger partial charge in [-0.3, -0.25) is 0 Å². The zero-order valence-electron chi connectivity index (χ0n) is 7.57. The second-order valence-electron chi connectivity index (χ2n) is 3.23. The van der Waals surface area contributed by atoms with E-state index in [0.29, 0.717) is 0 Å². The molecule has 0 radical (unpaired) electrons. The molecule has 70 valence electrons. The van der Waals surface area contributed by atoms with Crippen LogP contribution in [0.15, 0.2) is 24.4 Å². The predicted octanol–water partition coefficient (Wildman–Crippen LogP) is 2.39. The van der Waals surface area contributed by atoms with Crippen LogP contribution in [0.25, 0.3) is 0 Å². The second-order valence-corrected chi connectivity index (χ2v) is 4.64. The van der Waals surface area contributed by atoms with Crippen molar-refractivity contribution in [2.45, 2.75) is 18.1 Å². The summed E-state index contributed by atoms with van der Waals surface area (Å²) >= 11 is 2.07. The molecule has 0 saturated carbocycles. The second kappa shape index (κ2) is 4.51. The molecule has 1 atom stereocenters. The first-order valence-electron chi connectivity index (χ1n) is 4.71. The molecule has 3 heteroatoms. The Balaban J connectivity index is 1.79. The molecule has 1 fully saturated rings. The van der Waals surface area contributed by atoms with Crippen molar-refractivity contribution < 1.29 is 0 Å². The van der Waals surface area contributed by atoms with Crippen molar-refractivity contribution in [2.75, 3.05) is 17.6 Å². The van der Waals surface area contributed by atoms with Crippen LogP contribution in [0, 0.1) is 0 Å². The van der Waals surface area contributed by atoms with Crippen LogP contribution in [-0.4, -0.2) is 22.5 Å². The fraction of sp³-hybridized carbons (Fsp3) is 0.500. The molecule has 0 amide bonds. The van der Waals surface area contributed by atoms with Gasteiger partial charge in [-0.2, -0.15) is 11.8 Å². The molecule has 0 aliphatic carbocycles. The van der Waals surface area contributed by atoms with Gasteiger partial charge in [-0.25, -0.2) is 4.98 Å². The summed E-state index contributed by atoms with van der Waals surface area (Å²) in [4.78, 5) is 4.22. The Hall–Kier alpha value is -0.700. The van der Waals surface area contributed by atoms with Gasteiger partial charge in [0.2, 0.25) is 0 Å². The first kappa shape index (κ1) is 8.88. The molecule has 1 aromatic heterocycles. The Morgan fingerprint density at radius 1 is 1.54 bits per heavy atom. The lowest BCUT2D eigenvalue weighted by Crippen LogP contribution is -2.14. The van der Waals surface area contributed by atoms with Crippen LogP contribution in [0.1, 0.15) is 12.8 Å². The minimum absolute atomic E-state index is 0.794. The molecule has 0 spiro atoms. The number of nitrogens with zero attached hydrogens (tertiary/aromatic N) is 1. The number of pyridine rings is 1. The fourth-order valence-electron chi connectivity index (χ4n) is 1.49. The standard InChI is InChI=1S/C10H14N2S/c1-2-6-11-10(5-1)12-8-9-4-3-7-13-9/h1-2,5-6,9H,3-4,7-8H2,(H,11,12). The molecule has 1 aliphatic rings. The van der Waals surface area contributed by atoms with Gasteiger partial charge in [-0.05, 0) is 30.7 Å². The number of aromatic nitrogens is 1. The Kier molecular flexibility index (Phi) is 3.08. The fourth-order valence-corrected chi connectivity index (χ4v) is 2.69. The van der Waals surface area contributed by atoms with E-state index in [9.17, 15) is 0 Å². The van der Waals surface area contributed by atoms with Gasteiger partial charge < -0.3 is 5.32 Å². The highest BCUT2D eigenvalue weighted by atomic mass is 32.2. The van der Waals surface area contributed by atoms with Gasteiger partial charge in [0.25, 0.3) is 0 Å². The van der Waals surface area contributed by atoms with E-state index < -0.39 is 0 Å². The summed E-state index contributed by atoms with van der Waals surface area (Å²) in [5, 5.41) is 4.15. The molecule has 1 aliphatic heterocycles. The van der Waals surface area contributed by atoms with E-state index in [2.05, 4.69) is 22.1 Å². The molecule has 2 nitrogen and oxygen atoms in total. The maximum atomic E-state index is 4.22. The molecule has 1 N–H and O–H groups in total. The Morgan fingerprint density at radius 2 is 2.54 bits per heavy atom. The van der Waals surface area contributed by atoms with Crippen molar-refractivity contribution in [3.05, 3.63) is 24.4 Å². The van der Waals surface area contributed by atoms with Crippen molar-refractivity contribution in [3.63, 3.8) is 0 Å². The van der Waals surface area contributed by atoms with Crippen molar-refractivity contribution in [1.29, 1.82) is 0 Å². The Bertz CT molecular complexity index is 244. The lowest BCUT2D eigenvalue weighted by atomic mass is 10.2. The van der Waals surface area contributed by atoms with Gasteiger partial charge in [-0.15, -0.1) is 0 Å². The number of hydrogen-bond donors (Lipinski definition) is 1. The zero-order valence-corrected chi connectivity index (χ0v) is 8.39. The number of hydrogen-bond acceptors (Lipinski definition) is 3. The van der Waals surface area contributed by atoms with E-state index in [4.69, 9.17) is 0 Å². The quantitative estimate of drug-likeness (QED) is 0.799. The average molecular weight is 194 g/mol. The van der Waals surface area contributed by atoms with Crippen LogP contribution >= 0.6 is 11.8 Å². The van der Waals surface area contributed by atoms with E-state index in [-0.39, 0.29) is 0 Å². The average Bonchev–Trinajstić information content (AvgIpc) is 2.69. The third kappa shape index (κ3) is 2.62. The van der Waals surface area contributed by atoms with Crippen LogP contribution < -0.4 is 5.32 Å². The van der Waals surface area contributed by atoms with Crippen molar-refractivity contribution in [3.8, 4) is 0 Å². The number of rotatable bonds is 3. The van der Waals surface area contributed by atoms with Crippen LogP contribution in [-0.2, 0) is 0 Å². The molecule has 0 aromatic carbocycles. The van der Waals surface area contributed by atoms with Crippen LogP contribution in [0.4, 0.5) is 5.82 Å². The van der Waals surface area contributed by atoms with Crippen LogP contribution in [0.5, 0.6) is 0 Å². The predicted molar refractivity (Wildman–Crippen MR) is 58.2 cm³/mol. The minimum atomic E-state index is 0.794. The van der Waals surface area contributed by atoms with Crippen molar-refractivity contribution in [1.82, 2.24) is 4.98 Å². The molecule has 2 rings (SSSR count). The zero-order chi connectivity index (χ0) is 8.93. The molecule has 1 aromatic rings. The Labute approximate surface area is 83.1 Å². The third-order valence-electron chi connectivity index (χ3n) is 2.20. The number of nitrogens with one attached hydrogen (secondary N) is 1. The maximum Gasteiger partial charge on any atom is 0.125 e. The van der Waals surface area contributed by atoms with E-state index in [0.717, 1.165) is 17.6 Å². The SMILES string of the molecule is c1ccc(NCC2CCCS2)nc1. The normalized spacial score (nSPS) is 21.7. The summed E-state index contributed by atoms with van der Waals surface area (Å²) in [6, 6.07) is 5.96. The molecule has 2 heterocycles. The largest absolute Gasteiger partial charge is 0.369 e. The highest BCUT2D eigenvalue weighted by Crippen LogP contribution is 2.25. The Morgan fingerprint density at radius 3 is 3.23 bits per heavy atom. The summed E-state index contributed by atoms with van der Waals surface area (Å²) in [5.74, 6) is 2.32. The summed E-state index contributed by atoms with van der Waals surface area (Å²) in [6.45, 7) is 1.06. The lowest BCUT2D eigenvalue weighted by Gasteiger charge is -2.09. The molecular formula is C10H14N2S. The maximum absolute atomic E-state index is 4.22. The summed E-state index contributed by atoms with van der Waals surface area (Å²) in [6.07, 6.45) is 4.55. The van der Waals surface area contributed by atoms with E-state index in [1.807, 2.05) is 24.4 Å². The highest BCUT2D eigenvalue weighted by Gasteiger charge is 2.14. The molecule has 1 saturated heterocycles. The molecular weight excluding hydrogens is 180 g/mol. The van der Waals surface area contributed by atoms with Crippen molar-refractivity contribution in [2.24, 2.45) is 0 Å². The monoisotopic (exact) mass is 194 g/mol. The van der Waals surface area contributed by atoms with Gasteiger partial charge >= 0.3 is 0 Å².